The van der Waals surface area contributed by atoms with E-state index >= 15 is 0 Å². The monoisotopic (exact) mass is 451 g/mol. The first kappa shape index (κ1) is 21.2. The Kier molecular flexibility index (Phi) is 5.57. The lowest BCUT2D eigenvalue weighted by Gasteiger charge is -2.28. The summed E-state index contributed by atoms with van der Waals surface area (Å²) in [5.74, 6) is -3.45. The number of ketones is 3. The maximum atomic E-state index is 13.4. The fourth-order valence-electron chi connectivity index (χ4n) is 5.10. The summed E-state index contributed by atoms with van der Waals surface area (Å²) in [6, 6.07) is 0. The Morgan fingerprint density at radius 1 is 1.23 bits per heavy atom. The molecule has 0 amide bonds. The average molecular weight is 452 g/mol. The molecule has 0 aromatic heterocycles. The number of hydrogen-bond donors (Lipinski definition) is 0. The SMILES string of the molecule is CC1=C(C2=NOC(CCl)C2)C(C)C(=S(=O)=O)C=C1C(=O)C1C(=O)C2CCC(C2)C1=O. The van der Waals surface area contributed by atoms with Crippen molar-refractivity contribution in [2.24, 2.45) is 28.8 Å². The van der Waals surface area contributed by atoms with E-state index in [1.165, 1.54) is 6.08 Å². The molecule has 3 aliphatic carbocycles. The molecule has 160 valence electrons. The van der Waals surface area contributed by atoms with Gasteiger partial charge in [0.1, 0.15) is 12.0 Å². The van der Waals surface area contributed by atoms with Crippen molar-refractivity contribution < 1.29 is 27.6 Å². The molecule has 4 unspecified atom stereocenters. The number of fused-ring (bicyclic) bond motifs is 2. The first-order valence-corrected chi connectivity index (χ1v) is 11.6. The molecule has 0 spiro atoms. The fraction of sp³-hybridized carbons (Fsp3) is 0.571. The zero-order valence-electron chi connectivity index (χ0n) is 16.7. The van der Waals surface area contributed by atoms with Gasteiger partial charge >= 0.3 is 0 Å². The highest BCUT2D eigenvalue weighted by atomic mass is 35.5. The van der Waals surface area contributed by atoms with E-state index in [0.29, 0.717) is 42.5 Å². The van der Waals surface area contributed by atoms with E-state index in [2.05, 4.69) is 5.16 Å². The Bertz CT molecular complexity index is 1050. The van der Waals surface area contributed by atoms with Crippen LogP contribution in [0.5, 0.6) is 0 Å². The van der Waals surface area contributed by atoms with Gasteiger partial charge in [-0.05, 0) is 43.4 Å². The summed E-state index contributed by atoms with van der Waals surface area (Å²) in [6.45, 7) is 3.42. The molecule has 0 saturated heterocycles. The topological polar surface area (TPSA) is 107 Å². The number of Topliss-reactive ketones (excluding diaryl/α,β-unsaturated/α-hetero) is 3. The van der Waals surface area contributed by atoms with Crippen molar-refractivity contribution in [3.63, 3.8) is 0 Å². The predicted octanol–water partition coefficient (Wildman–Crippen LogP) is 2.07. The molecule has 1 aliphatic heterocycles. The summed E-state index contributed by atoms with van der Waals surface area (Å²) in [6.07, 6.45) is 3.16. The van der Waals surface area contributed by atoms with Crippen molar-refractivity contribution in [1.82, 2.24) is 0 Å². The Morgan fingerprint density at radius 2 is 1.87 bits per heavy atom. The first-order valence-electron chi connectivity index (χ1n) is 10.0. The molecule has 30 heavy (non-hydrogen) atoms. The lowest BCUT2D eigenvalue weighted by atomic mass is 9.72. The van der Waals surface area contributed by atoms with Gasteiger partial charge in [-0.3, -0.25) is 14.4 Å². The summed E-state index contributed by atoms with van der Waals surface area (Å²) in [5.41, 5.74) is 1.73. The Labute approximate surface area is 180 Å². The van der Waals surface area contributed by atoms with Crippen molar-refractivity contribution in [2.45, 2.75) is 45.6 Å². The Balaban J connectivity index is 1.78. The van der Waals surface area contributed by atoms with Gasteiger partial charge in [0.25, 0.3) is 0 Å². The van der Waals surface area contributed by atoms with Crippen molar-refractivity contribution in [2.75, 3.05) is 5.88 Å². The van der Waals surface area contributed by atoms with Gasteiger partial charge in [-0.25, -0.2) is 0 Å². The molecular weight excluding hydrogens is 430 g/mol. The normalized spacial score (nSPS) is 33.4. The van der Waals surface area contributed by atoms with Gasteiger partial charge in [0.15, 0.2) is 17.3 Å². The van der Waals surface area contributed by atoms with Crippen LogP contribution in [0.25, 0.3) is 0 Å². The van der Waals surface area contributed by atoms with Crippen LogP contribution < -0.4 is 0 Å². The number of rotatable bonds is 4. The predicted molar refractivity (Wildman–Crippen MR) is 111 cm³/mol. The smallest absolute Gasteiger partial charge is 0.217 e. The van der Waals surface area contributed by atoms with Crippen LogP contribution in [-0.4, -0.2) is 48.3 Å². The Morgan fingerprint density at radius 3 is 2.40 bits per heavy atom. The highest BCUT2D eigenvalue weighted by molar-refractivity contribution is 7.73. The molecule has 4 atom stereocenters. The van der Waals surface area contributed by atoms with Crippen LogP contribution in [0.4, 0.5) is 0 Å². The first-order chi connectivity index (χ1) is 14.2. The van der Waals surface area contributed by atoms with Gasteiger partial charge in [-0.15, -0.1) is 11.6 Å². The molecule has 0 aromatic rings. The van der Waals surface area contributed by atoms with Crippen LogP contribution >= 0.6 is 11.6 Å². The quantitative estimate of drug-likeness (QED) is 0.368. The number of hydrogen-bond acceptors (Lipinski definition) is 7. The summed E-state index contributed by atoms with van der Waals surface area (Å²) in [5, 5.41) is 4.06. The molecule has 0 radical (unpaired) electrons. The third-order valence-electron chi connectivity index (χ3n) is 6.70. The molecule has 9 heteroatoms. The van der Waals surface area contributed by atoms with Gasteiger partial charge < -0.3 is 4.84 Å². The summed E-state index contributed by atoms with van der Waals surface area (Å²) >= 11 is 5.85. The maximum absolute atomic E-state index is 13.4. The molecule has 4 aliphatic rings. The van der Waals surface area contributed by atoms with Crippen LogP contribution in [0.3, 0.4) is 0 Å². The number of carbonyl (C=O) groups is 3. The molecular formula is C21H22ClNO6S. The standard InChI is InChI=1S/C21H22ClNO6S/c1-9-14(21(26)18-19(24)11-3-4-12(5-11)20(18)25)7-16(30(27)28)10(2)17(9)15-6-13(8-22)29-23-15/h7,10-13,18H,3-6,8H2,1-2H3. The minimum Gasteiger partial charge on any atom is -0.391 e. The van der Waals surface area contributed by atoms with Gasteiger partial charge in [0.05, 0.1) is 16.5 Å². The molecule has 1 heterocycles. The molecule has 4 rings (SSSR count). The van der Waals surface area contributed by atoms with Gasteiger partial charge in [0, 0.05) is 29.7 Å². The third kappa shape index (κ3) is 3.30. The van der Waals surface area contributed by atoms with Gasteiger partial charge in [-0.2, -0.15) is 8.42 Å². The van der Waals surface area contributed by atoms with Crippen molar-refractivity contribution in [3.05, 3.63) is 22.8 Å². The zero-order chi connectivity index (χ0) is 21.7. The summed E-state index contributed by atoms with van der Waals surface area (Å²) in [7, 11) is -2.58. The number of halogens is 1. The van der Waals surface area contributed by atoms with Crippen molar-refractivity contribution in [3.8, 4) is 0 Å². The fourth-order valence-corrected chi connectivity index (χ4v) is 5.88. The van der Waals surface area contributed by atoms with Gasteiger partial charge in [0.2, 0.25) is 10.3 Å². The largest absolute Gasteiger partial charge is 0.391 e. The number of carbonyl (C=O) groups excluding carboxylic acids is 3. The molecule has 2 saturated carbocycles. The summed E-state index contributed by atoms with van der Waals surface area (Å²) < 4.78 is 23.8. The third-order valence-corrected chi connectivity index (χ3v) is 7.90. The van der Waals surface area contributed by atoms with E-state index in [0.717, 1.165) is 0 Å². The number of allylic oxidation sites excluding steroid dienone is 4. The molecule has 2 fully saturated rings. The lowest BCUT2D eigenvalue weighted by Crippen LogP contribution is -2.43. The van der Waals surface area contributed by atoms with E-state index in [1.807, 2.05) is 0 Å². The van der Waals surface area contributed by atoms with Crippen molar-refractivity contribution in [1.29, 1.82) is 0 Å². The van der Waals surface area contributed by atoms with E-state index in [1.54, 1.807) is 13.8 Å². The minimum absolute atomic E-state index is 0.0228. The lowest BCUT2D eigenvalue weighted by molar-refractivity contribution is -0.144. The molecule has 0 N–H and O–H groups in total. The number of oxime groups is 1. The van der Waals surface area contributed by atoms with E-state index < -0.39 is 27.9 Å². The Hall–Kier alpha value is -2.06. The second-order valence-corrected chi connectivity index (χ2v) is 9.64. The van der Waals surface area contributed by atoms with Gasteiger partial charge in [-0.1, -0.05) is 12.1 Å². The number of alkyl halides is 1. The van der Waals surface area contributed by atoms with E-state index in [-0.39, 0.29) is 45.8 Å². The molecule has 7 nitrogen and oxygen atoms in total. The molecule has 0 aromatic carbocycles. The minimum atomic E-state index is -2.58. The van der Waals surface area contributed by atoms with E-state index in [9.17, 15) is 22.8 Å². The molecule has 2 bridgehead atoms. The number of nitrogens with zero attached hydrogens (tertiary/aromatic N) is 1. The van der Waals surface area contributed by atoms with Crippen LogP contribution in [0.1, 0.15) is 39.5 Å². The van der Waals surface area contributed by atoms with Crippen LogP contribution in [0.2, 0.25) is 0 Å². The average Bonchev–Trinajstić information content (AvgIpc) is 3.35. The van der Waals surface area contributed by atoms with Crippen LogP contribution in [0.15, 0.2) is 28.0 Å². The van der Waals surface area contributed by atoms with Crippen molar-refractivity contribution >= 4 is 49.8 Å². The maximum Gasteiger partial charge on any atom is 0.217 e. The van der Waals surface area contributed by atoms with E-state index in [4.69, 9.17) is 16.4 Å². The summed E-state index contributed by atoms with van der Waals surface area (Å²) in [4.78, 5) is 44.3. The van der Waals surface area contributed by atoms with Crippen LogP contribution in [0, 0.1) is 23.7 Å². The highest BCUT2D eigenvalue weighted by Crippen LogP contribution is 2.42. The highest BCUT2D eigenvalue weighted by Gasteiger charge is 2.51. The van der Waals surface area contributed by atoms with Crippen LogP contribution in [-0.2, 0) is 29.5 Å². The zero-order valence-corrected chi connectivity index (χ0v) is 18.3. The second kappa shape index (κ2) is 7.89. The second-order valence-electron chi connectivity index (χ2n) is 8.39.